The number of H-pyrrole nitrogens is 8. The molecule has 2 saturated carbocycles. The van der Waals surface area contributed by atoms with E-state index in [1.165, 1.54) is 24.3 Å². The third-order valence-electron chi connectivity index (χ3n) is 26.9. The van der Waals surface area contributed by atoms with E-state index in [4.69, 9.17) is 19.9 Å². The van der Waals surface area contributed by atoms with E-state index in [-0.39, 0.29) is 58.7 Å². The first-order chi connectivity index (χ1) is 73.5. The molecule has 0 bridgehead atoms. The van der Waals surface area contributed by atoms with E-state index in [1.54, 1.807) is 98.1 Å². The highest BCUT2D eigenvalue weighted by atomic mass is 19.1. The lowest BCUT2D eigenvalue weighted by molar-refractivity contribution is -0.122. The number of hydrogen-bond acceptors (Lipinski definition) is 16. The maximum Gasteiger partial charge on any atom is 0.227 e. The number of rotatable bonds is 23. The molecule has 0 saturated heterocycles. The molecular formula is C118H92F4N24O4. The molecule has 12 aromatic carbocycles. The molecule has 12 N–H and O–H groups in total. The van der Waals surface area contributed by atoms with Gasteiger partial charge in [0.25, 0.3) is 0 Å². The van der Waals surface area contributed by atoms with Gasteiger partial charge in [0.15, 0.2) is 23.3 Å². The van der Waals surface area contributed by atoms with Crippen LogP contribution in [0.15, 0.2) is 316 Å². The fourth-order valence-corrected chi connectivity index (χ4v) is 18.8. The molecule has 4 amide bonds. The molecule has 24 aromatic rings. The van der Waals surface area contributed by atoms with Crippen LogP contribution >= 0.6 is 0 Å². The molecule has 26 rings (SSSR count). The van der Waals surface area contributed by atoms with Crippen molar-refractivity contribution in [3.8, 4) is 135 Å². The Kier molecular flexibility index (Phi) is 25.8. The van der Waals surface area contributed by atoms with Gasteiger partial charge in [-0.25, -0.2) is 37.5 Å². The van der Waals surface area contributed by atoms with Crippen molar-refractivity contribution in [3.63, 3.8) is 0 Å². The Morgan fingerprint density at radius 2 is 0.553 bits per heavy atom. The quantitative estimate of drug-likeness (QED) is 0.0265. The molecule has 736 valence electrons. The molecule has 0 radical (unpaired) electrons. The molecule has 32 heteroatoms. The number of hydrogen-bond donors (Lipinski definition) is 12. The number of imidazole rings is 4. The molecular weight excluding hydrogens is 1890 g/mol. The molecule has 0 atom stereocenters. The van der Waals surface area contributed by atoms with Crippen LogP contribution in [0.25, 0.3) is 223 Å². The Labute approximate surface area is 852 Å². The summed E-state index contributed by atoms with van der Waals surface area (Å²) in [5.41, 5.74) is 26.8. The van der Waals surface area contributed by atoms with Gasteiger partial charge in [0, 0.05) is 138 Å². The Morgan fingerprint density at radius 1 is 0.280 bits per heavy atom. The number of carbonyl (C=O) groups is 4. The van der Waals surface area contributed by atoms with Crippen molar-refractivity contribution in [1.82, 2.24) is 101 Å². The van der Waals surface area contributed by atoms with Gasteiger partial charge in [-0.1, -0.05) is 172 Å². The van der Waals surface area contributed by atoms with E-state index < -0.39 is 0 Å². The number of halogens is 4. The van der Waals surface area contributed by atoms with Gasteiger partial charge in [-0.15, -0.1) is 0 Å². The summed E-state index contributed by atoms with van der Waals surface area (Å²) in [5.74, 6) is 1.45. The van der Waals surface area contributed by atoms with Gasteiger partial charge >= 0.3 is 0 Å². The van der Waals surface area contributed by atoms with E-state index in [0.29, 0.717) is 137 Å². The first kappa shape index (κ1) is 94.2. The van der Waals surface area contributed by atoms with Gasteiger partial charge in [-0.2, -0.15) is 20.4 Å². The average Bonchev–Trinajstić information content (AvgIpc) is 1.62. The van der Waals surface area contributed by atoms with Crippen LogP contribution in [0.5, 0.6) is 0 Å². The first-order valence-corrected chi connectivity index (χ1v) is 49.4. The normalized spacial score (nSPS) is 12.4. The van der Waals surface area contributed by atoms with E-state index in [9.17, 15) is 36.7 Å². The second kappa shape index (κ2) is 41.0. The van der Waals surface area contributed by atoms with Crippen molar-refractivity contribution in [2.45, 2.75) is 78.1 Å². The molecule has 2 fully saturated rings. The highest BCUT2D eigenvalue weighted by molar-refractivity contribution is 6.06. The van der Waals surface area contributed by atoms with E-state index in [1.807, 2.05) is 201 Å². The van der Waals surface area contributed by atoms with Gasteiger partial charge in [-0.05, 0) is 182 Å². The van der Waals surface area contributed by atoms with Crippen LogP contribution in [0.4, 0.5) is 40.3 Å². The molecule has 0 unspecified atom stereocenters. The summed E-state index contributed by atoms with van der Waals surface area (Å²) in [6, 6.07) is 81.0. The summed E-state index contributed by atoms with van der Waals surface area (Å²) in [4.78, 5) is 98.9. The fraction of sp³-hybridized carbons (Fsp3) is 0.119. The summed E-state index contributed by atoms with van der Waals surface area (Å²) in [6.45, 7) is 4.03. The minimum atomic E-state index is -0.295. The summed E-state index contributed by atoms with van der Waals surface area (Å²) < 4.78 is 58.2. The number of fused-ring (bicyclic) bond motifs is 8. The number of carbonyl (C=O) groups excluding carboxylic acids is 4. The highest BCUT2D eigenvalue weighted by Crippen LogP contribution is 2.43. The Balaban J connectivity index is 0.000000110. The zero-order chi connectivity index (χ0) is 102. The van der Waals surface area contributed by atoms with Crippen LogP contribution in [0.3, 0.4) is 0 Å². The zero-order valence-corrected chi connectivity index (χ0v) is 80.8. The van der Waals surface area contributed by atoms with Crippen LogP contribution in [-0.2, 0) is 19.2 Å². The maximum absolute atomic E-state index is 14.6. The largest absolute Gasteiger partial charge is 0.337 e. The van der Waals surface area contributed by atoms with Gasteiger partial charge in [0.2, 0.25) is 23.6 Å². The molecule has 150 heavy (non-hydrogen) atoms. The number of anilines is 4. The second-order valence-electron chi connectivity index (χ2n) is 37.1. The molecule has 2 aliphatic rings. The summed E-state index contributed by atoms with van der Waals surface area (Å²) >= 11 is 0. The van der Waals surface area contributed by atoms with Gasteiger partial charge in [0.1, 0.15) is 46.0 Å². The Morgan fingerprint density at radius 3 is 0.820 bits per heavy atom. The standard InChI is InChI=1S/C30H23FN6O.C30H25FN6O.C29H21FN6O.C29H23FN6O/c31-24-9-2-1-7-21(24)22-8-4-10-26-27(22)35-29(34-26)28-23-14-18(11-12-25(23)36-37-28)19-13-20(16-32-15-19)33-30(38)17-5-3-6-17;1-2-3-11-27(38)33-20-14-19(16-32-17-20)18-12-13-25-23(15-18)29(37-36-25)30-34-26-10-6-8-22(28(26)35-30)21-7-4-5-9-24(21)31;30-23-6-2-1-4-20(23)21-5-3-7-25-26(21)34-28(33-25)27-22-13-17(10-11-24(22)35-36-27)18-12-19(15-31-14-18)32-29(37)16-8-9-16;1-2-6-26(37)32-19-13-18(15-31-16-19)17-11-12-24-22(14-17)28(36-35-24)29-33-25-10-5-8-21(27(25)34-29)20-7-3-4-9-23(20)30/h1-2,4,7-17H,3,5-6H2,(H,33,38)(H,34,35)(H,36,37);4-10,12-17H,2-3,11H2,1H3,(H,33,38)(H,34,35)(H,36,37);1-7,10-16H,8-9H2,(H,32,37)(H,33,34)(H,35,36);3-5,7-16H,2,6H2,1H3,(H,32,37)(H,33,34)(H,35,36). The number of pyridine rings is 4. The molecule has 28 nitrogen and oxygen atoms in total. The van der Waals surface area contributed by atoms with Gasteiger partial charge in [-0.3, -0.25) is 59.5 Å². The predicted octanol–water partition coefficient (Wildman–Crippen LogP) is 26.9. The zero-order valence-electron chi connectivity index (χ0n) is 80.8. The second-order valence-corrected chi connectivity index (χ2v) is 37.1. The number of aromatic amines is 8. The predicted molar refractivity (Wildman–Crippen MR) is 578 cm³/mol. The molecule has 12 heterocycles. The number of para-hydroxylation sites is 4. The third kappa shape index (κ3) is 19.4. The maximum atomic E-state index is 14.6. The number of benzene rings is 12. The fourth-order valence-electron chi connectivity index (χ4n) is 18.8. The summed E-state index contributed by atoms with van der Waals surface area (Å²) in [6.07, 6.45) is 22.1. The number of nitrogens with zero attached hydrogens (tertiary/aromatic N) is 12. The molecule has 2 aliphatic carbocycles. The first-order valence-electron chi connectivity index (χ1n) is 49.4. The van der Waals surface area contributed by atoms with Gasteiger partial charge < -0.3 is 41.2 Å². The Bertz CT molecular complexity index is 9330. The molecule has 0 spiro atoms. The third-order valence-corrected chi connectivity index (χ3v) is 26.9. The van der Waals surface area contributed by atoms with Crippen LogP contribution < -0.4 is 21.3 Å². The lowest BCUT2D eigenvalue weighted by atomic mass is 9.85. The van der Waals surface area contributed by atoms with E-state index >= 15 is 0 Å². The SMILES string of the molecule is CCCC(=O)Nc1cncc(-c2ccc3[nH]nc(-c4nc5c(-c6ccccc6F)cccc5[nH]4)c3c2)c1.CCCCC(=O)Nc1cncc(-c2ccc3[nH]nc(-c4nc5c(-c6ccccc6F)cccc5[nH]4)c3c2)c1.O=C(Nc1cncc(-c2ccc3[nH]nc(-c4nc5c(-c6ccccc6F)cccc5[nH]4)c3c2)c1)C1CC1.O=C(Nc1cncc(-c2ccc3[nH]nc(-c4nc5c(-c6ccccc6F)cccc5[nH]4)c3c2)c1)C1CCC1. The molecule has 0 aliphatic heterocycles. The van der Waals surface area contributed by atoms with Crippen molar-refractivity contribution in [2.24, 2.45) is 11.8 Å². The number of aromatic nitrogens is 20. The van der Waals surface area contributed by atoms with E-state index in [2.05, 4.69) is 109 Å². The number of unbranched alkanes of at least 4 members (excludes halogenated alkanes) is 1. The van der Waals surface area contributed by atoms with Crippen LogP contribution in [-0.4, -0.2) is 124 Å². The lowest BCUT2D eigenvalue weighted by Crippen LogP contribution is -2.28. The van der Waals surface area contributed by atoms with Crippen molar-refractivity contribution < 1.29 is 36.7 Å². The van der Waals surface area contributed by atoms with E-state index in [0.717, 1.165) is 173 Å². The van der Waals surface area contributed by atoms with Crippen molar-refractivity contribution in [2.75, 3.05) is 21.3 Å². The summed E-state index contributed by atoms with van der Waals surface area (Å²) in [5, 5.41) is 45.8. The summed E-state index contributed by atoms with van der Waals surface area (Å²) in [7, 11) is 0. The van der Waals surface area contributed by atoms with Crippen molar-refractivity contribution >= 4 is 134 Å². The van der Waals surface area contributed by atoms with Crippen LogP contribution in [0.2, 0.25) is 0 Å². The molecule has 12 aromatic heterocycles. The monoisotopic (exact) mass is 1980 g/mol. The minimum absolute atomic E-state index is 0.0157. The smallest absolute Gasteiger partial charge is 0.227 e. The van der Waals surface area contributed by atoms with Crippen LogP contribution in [0, 0.1) is 35.1 Å². The average molecular weight is 1990 g/mol. The van der Waals surface area contributed by atoms with Crippen molar-refractivity contribution in [1.29, 1.82) is 0 Å². The Hall–Kier alpha value is -19.4. The highest BCUT2D eigenvalue weighted by Gasteiger charge is 2.31. The topological polar surface area (TPSA) is 397 Å². The number of nitrogens with one attached hydrogen (secondary N) is 12. The van der Waals surface area contributed by atoms with Crippen LogP contribution in [0.1, 0.15) is 78.1 Å². The van der Waals surface area contributed by atoms with Gasteiger partial charge in [0.05, 0.1) is 114 Å². The number of amides is 4. The minimum Gasteiger partial charge on any atom is -0.337 e. The van der Waals surface area contributed by atoms with Crippen molar-refractivity contribution in [3.05, 3.63) is 340 Å². The lowest BCUT2D eigenvalue weighted by Gasteiger charge is -2.24.